The Morgan fingerprint density at radius 1 is 1.00 bits per heavy atom. The zero-order chi connectivity index (χ0) is 10.3. The molecule has 1 aliphatic carbocycles. The molecule has 2 aromatic rings. The summed E-state index contributed by atoms with van der Waals surface area (Å²) in [5.74, 6) is 0. The number of hydrogen-bond acceptors (Lipinski definition) is 1. The first-order valence-corrected chi connectivity index (χ1v) is 4.98. The van der Waals surface area contributed by atoms with E-state index < -0.39 is 0 Å². The van der Waals surface area contributed by atoms with Crippen molar-refractivity contribution in [2.24, 2.45) is 0 Å². The second-order valence-corrected chi connectivity index (χ2v) is 3.20. The number of allylic oxidation sites excluding steroid dienone is 4. The van der Waals surface area contributed by atoms with Gasteiger partial charge in [0.25, 0.3) is 0 Å². The van der Waals surface area contributed by atoms with E-state index in [1.165, 1.54) is 5.39 Å². The minimum Gasteiger partial charge on any atom is -0.358 e. The molecule has 1 heterocycles. The van der Waals surface area contributed by atoms with Gasteiger partial charge >= 0.3 is 21.7 Å². The number of rotatable bonds is 0. The van der Waals surface area contributed by atoms with E-state index in [1.54, 1.807) is 0 Å². The summed E-state index contributed by atoms with van der Waals surface area (Å²) < 4.78 is 0. The minimum absolute atomic E-state index is 0. The number of para-hydroxylation sites is 1. The molecule has 0 spiro atoms. The second kappa shape index (κ2) is 10.9. The molecule has 0 bridgehead atoms. The molecule has 1 aromatic carbocycles. The predicted molar refractivity (Wildman–Crippen MR) is 76.1 cm³/mol. The summed E-state index contributed by atoms with van der Waals surface area (Å²) in [7, 11) is 0. The predicted octanol–water partition coefficient (Wildman–Crippen LogP) is 4.44. The quantitative estimate of drug-likeness (QED) is 0.510. The van der Waals surface area contributed by atoms with Crippen LogP contribution in [0.2, 0.25) is 0 Å². The topological polar surface area (TPSA) is 12.9 Å². The van der Waals surface area contributed by atoms with Gasteiger partial charge < -0.3 is 14.9 Å². The van der Waals surface area contributed by atoms with E-state index >= 15 is 0 Å². The van der Waals surface area contributed by atoms with Crippen molar-refractivity contribution in [3.05, 3.63) is 81.8 Å². The molecular weight excluding hydrogens is 254 g/mol. The first kappa shape index (κ1) is 19.2. The molecule has 91 valence electrons. The van der Waals surface area contributed by atoms with Gasteiger partial charge in [0.2, 0.25) is 0 Å². The average molecular weight is 272 g/mol. The molecule has 18 heavy (non-hydrogen) atoms. The molecule has 1 aliphatic rings. The monoisotopic (exact) mass is 272 g/mol. The van der Waals surface area contributed by atoms with E-state index in [-0.39, 0.29) is 36.6 Å². The zero-order valence-electron chi connectivity index (χ0n) is 10.9. The van der Waals surface area contributed by atoms with Crippen molar-refractivity contribution in [2.75, 3.05) is 0 Å². The van der Waals surface area contributed by atoms with Crippen LogP contribution in [0.15, 0.2) is 60.8 Å². The van der Waals surface area contributed by atoms with Gasteiger partial charge in [-0.1, -0.05) is 24.3 Å². The van der Waals surface area contributed by atoms with Crippen molar-refractivity contribution in [3.8, 4) is 0 Å². The number of benzene rings is 1. The Morgan fingerprint density at radius 3 is 2.28 bits per heavy atom. The van der Waals surface area contributed by atoms with Gasteiger partial charge in [0, 0.05) is 11.6 Å². The molecule has 1 radical (unpaired) electrons. The van der Waals surface area contributed by atoms with Crippen molar-refractivity contribution < 1.29 is 21.7 Å². The molecule has 1 aromatic heterocycles. The summed E-state index contributed by atoms with van der Waals surface area (Å²) in [5.41, 5.74) is 1.06. The number of hydrogen-bond donors (Lipinski definition) is 0. The van der Waals surface area contributed by atoms with E-state index in [2.05, 4.69) is 29.3 Å². The Kier molecular flexibility index (Phi) is 11.7. The molecule has 2 heteroatoms. The van der Waals surface area contributed by atoms with Crippen LogP contribution >= 0.6 is 0 Å². The molecule has 0 amide bonds. The Bertz CT molecular complexity index is 414. The maximum absolute atomic E-state index is 4.18. The third-order valence-electron chi connectivity index (χ3n) is 2.10. The molecule has 0 saturated heterocycles. The van der Waals surface area contributed by atoms with Crippen LogP contribution in [0, 0.1) is 20.9 Å². The summed E-state index contributed by atoms with van der Waals surface area (Å²) in [5, 5.41) is 1.20. The maximum Gasteiger partial charge on any atom is 3.00 e. The van der Waals surface area contributed by atoms with Crippen LogP contribution in [0.1, 0.15) is 6.42 Å². The van der Waals surface area contributed by atoms with E-state index in [0.717, 1.165) is 11.9 Å². The maximum atomic E-state index is 4.18. The molecule has 0 saturated carbocycles. The van der Waals surface area contributed by atoms with Crippen molar-refractivity contribution in [2.45, 2.75) is 6.42 Å². The van der Waals surface area contributed by atoms with Crippen LogP contribution < -0.4 is 0 Å². The smallest absolute Gasteiger partial charge is 0.358 e. The van der Waals surface area contributed by atoms with Crippen LogP contribution in [0.4, 0.5) is 0 Å². The van der Waals surface area contributed by atoms with Crippen LogP contribution in [0.5, 0.6) is 0 Å². The molecule has 0 atom stereocenters. The Labute approximate surface area is 126 Å². The van der Waals surface area contributed by atoms with Crippen molar-refractivity contribution in [1.29, 1.82) is 0 Å². The minimum atomic E-state index is 0. The number of pyridine rings is 1. The molecule has 0 unspecified atom stereocenters. The summed E-state index contributed by atoms with van der Waals surface area (Å²) in [6.07, 6.45) is 11.8. The number of fused-ring (bicyclic) bond motifs is 1. The normalized spacial score (nSPS) is 10.4. The van der Waals surface area contributed by atoms with Crippen molar-refractivity contribution in [1.82, 2.24) is 4.98 Å². The SMILES string of the molecule is [C-]1=CC=CC1.[CH3-].[CH3-].[Ti+3].c1ccc2ncccc2c1. The Balaban J connectivity index is 0. The van der Waals surface area contributed by atoms with Crippen LogP contribution in [-0.2, 0) is 21.7 Å². The zero-order valence-corrected chi connectivity index (χ0v) is 12.5. The number of aromatic nitrogens is 1. The van der Waals surface area contributed by atoms with Gasteiger partial charge in [0.1, 0.15) is 0 Å². The molecule has 1 nitrogen and oxygen atoms in total. The third kappa shape index (κ3) is 5.95. The van der Waals surface area contributed by atoms with E-state index in [9.17, 15) is 0 Å². The van der Waals surface area contributed by atoms with E-state index in [4.69, 9.17) is 0 Å². The first-order chi connectivity index (χ1) is 7.47. The van der Waals surface area contributed by atoms with Gasteiger partial charge in [-0.05, 0) is 12.1 Å². The molecule has 0 aliphatic heterocycles. The van der Waals surface area contributed by atoms with Crippen molar-refractivity contribution >= 4 is 10.9 Å². The largest absolute Gasteiger partial charge is 3.00 e. The molecular formula is C16H18NTi. The molecule has 0 N–H and O–H groups in total. The summed E-state index contributed by atoms with van der Waals surface area (Å²) in [6, 6.07) is 12.1. The number of nitrogens with zero attached hydrogens (tertiary/aromatic N) is 1. The first-order valence-electron chi connectivity index (χ1n) is 4.98. The van der Waals surface area contributed by atoms with Gasteiger partial charge in [-0.2, -0.15) is 6.08 Å². The van der Waals surface area contributed by atoms with Gasteiger partial charge in [-0.25, -0.2) is 12.2 Å². The summed E-state index contributed by atoms with van der Waals surface area (Å²) in [4.78, 5) is 4.18. The summed E-state index contributed by atoms with van der Waals surface area (Å²) >= 11 is 0. The fraction of sp³-hybridized carbons (Fsp3) is 0.0625. The van der Waals surface area contributed by atoms with Gasteiger partial charge in [-0.3, -0.25) is 11.1 Å². The Hall–Kier alpha value is -1.18. The summed E-state index contributed by atoms with van der Waals surface area (Å²) in [6.45, 7) is 0. The van der Waals surface area contributed by atoms with Crippen LogP contribution in [-0.4, -0.2) is 4.98 Å². The van der Waals surface area contributed by atoms with E-state index in [0.29, 0.717) is 0 Å². The van der Waals surface area contributed by atoms with Gasteiger partial charge in [-0.15, -0.1) is 6.42 Å². The second-order valence-electron chi connectivity index (χ2n) is 3.20. The van der Waals surface area contributed by atoms with E-state index in [1.807, 2.05) is 42.6 Å². The fourth-order valence-electron chi connectivity index (χ4n) is 1.36. The van der Waals surface area contributed by atoms with Gasteiger partial charge in [0.15, 0.2) is 0 Å². The van der Waals surface area contributed by atoms with Crippen LogP contribution in [0.3, 0.4) is 0 Å². The van der Waals surface area contributed by atoms with Crippen LogP contribution in [0.25, 0.3) is 10.9 Å². The average Bonchev–Trinajstić information content (AvgIpc) is 2.88. The fourth-order valence-corrected chi connectivity index (χ4v) is 1.36. The van der Waals surface area contributed by atoms with Gasteiger partial charge in [0.05, 0.1) is 5.52 Å². The van der Waals surface area contributed by atoms with Crippen molar-refractivity contribution in [3.63, 3.8) is 0 Å². The molecule has 0 fully saturated rings. The third-order valence-corrected chi connectivity index (χ3v) is 2.10. The standard InChI is InChI=1S/C9H7N.C5H5.2CH3.Ti/c1-2-6-9-8(4-1)5-3-7-10-9;1-2-4-5-3-1;;;/h1-7H;1-3H,4H2;2*1H3;/q;3*-1;+3. The Morgan fingerprint density at radius 2 is 1.72 bits per heavy atom. The molecule has 3 rings (SSSR count).